The second-order valence-corrected chi connectivity index (χ2v) is 5.00. The van der Waals surface area contributed by atoms with Crippen LogP contribution in [-0.4, -0.2) is 26.7 Å². The van der Waals surface area contributed by atoms with E-state index < -0.39 is 0 Å². The van der Waals surface area contributed by atoms with E-state index in [1.165, 1.54) is 7.11 Å². The summed E-state index contributed by atoms with van der Waals surface area (Å²) in [5.74, 6) is 0.904. The van der Waals surface area contributed by atoms with Gasteiger partial charge in [-0.1, -0.05) is 19.1 Å². The number of nitrogens with one attached hydrogen (secondary N) is 2. The summed E-state index contributed by atoms with van der Waals surface area (Å²) in [5, 5.41) is 6.16. The van der Waals surface area contributed by atoms with Gasteiger partial charge in [-0.05, 0) is 36.4 Å². The minimum atomic E-state index is -0.217. The maximum absolute atomic E-state index is 12.5. The molecule has 0 aromatic heterocycles. The molecule has 0 aliphatic rings. The Bertz CT molecular complexity index is 671. The molecule has 2 aromatic rings. The van der Waals surface area contributed by atoms with Crippen LogP contribution in [0, 0.1) is 0 Å². The van der Waals surface area contributed by atoms with Crippen molar-refractivity contribution in [2.45, 2.75) is 13.5 Å². The SMILES string of the molecule is CCNCc1cccc(NC(=O)c2ccc(OC)cc2OC)c1. The molecular formula is C18H22N2O3. The fourth-order valence-corrected chi connectivity index (χ4v) is 2.21. The number of rotatable bonds is 7. The van der Waals surface area contributed by atoms with Gasteiger partial charge in [0.25, 0.3) is 5.91 Å². The molecule has 5 nitrogen and oxygen atoms in total. The van der Waals surface area contributed by atoms with E-state index in [1.807, 2.05) is 24.3 Å². The minimum Gasteiger partial charge on any atom is -0.497 e. The number of hydrogen-bond donors (Lipinski definition) is 2. The number of hydrogen-bond acceptors (Lipinski definition) is 4. The largest absolute Gasteiger partial charge is 0.497 e. The third-order valence-corrected chi connectivity index (χ3v) is 3.42. The molecule has 2 rings (SSSR count). The Morgan fingerprint density at radius 3 is 2.61 bits per heavy atom. The van der Waals surface area contributed by atoms with Crippen molar-refractivity contribution >= 4 is 11.6 Å². The van der Waals surface area contributed by atoms with Crippen LogP contribution in [0.1, 0.15) is 22.8 Å². The molecule has 0 aliphatic carbocycles. The Balaban J connectivity index is 2.15. The molecule has 0 aliphatic heterocycles. The summed E-state index contributed by atoms with van der Waals surface area (Å²) in [4.78, 5) is 12.5. The van der Waals surface area contributed by atoms with Crippen molar-refractivity contribution in [3.05, 3.63) is 53.6 Å². The quantitative estimate of drug-likeness (QED) is 0.824. The Labute approximate surface area is 136 Å². The van der Waals surface area contributed by atoms with Crippen molar-refractivity contribution in [1.82, 2.24) is 5.32 Å². The van der Waals surface area contributed by atoms with Crippen LogP contribution in [0.3, 0.4) is 0 Å². The van der Waals surface area contributed by atoms with Crippen LogP contribution in [-0.2, 0) is 6.54 Å². The zero-order valence-corrected chi connectivity index (χ0v) is 13.7. The van der Waals surface area contributed by atoms with E-state index in [4.69, 9.17) is 9.47 Å². The third-order valence-electron chi connectivity index (χ3n) is 3.42. The first-order valence-corrected chi connectivity index (χ1v) is 7.51. The average Bonchev–Trinajstić information content (AvgIpc) is 2.59. The molecule has 23 heavy (non-hydrogen) atoms. The highest BCUT2D eigenvalue weighted by Gasteiger charge is 2.13. The Morgan fingerprint density at radius 2 is 1.91 bits per heavy atom. The zero-order chi connectivity index (χ0) is 16.7. The van der Waals surface area contributed by atoms with Gasteiger partial charge in [0.15, 0.2) is 0 Å². The van der Waals surface area contributed by atoms with Gasteiger partial charge in [-0.15, -0.1) is 0 Å². The first kappa shape index (κ1) is 16.8. The lowest BCUT2D eigenvalue weighted by Gasteiger charge is -2.11. The van der Waals surface area contributed by atoms with E-state index in [2.05, 4.69) is 17.6 Å². The number of benzene rings is 2. The molecule has 2 aromatic carbocycles. The smallest absolute Gasteiger partial charge is 0.259 e. The van der Waals surface area contributed by atoms with Gasteiger partial charge >= 0.3 is 0 Å². The molecule has 5 heteroatoms. The lowest BCUT2D eigenvalue weighted by Crippen LogP contribution is -2.14. The minimum absolute atomic E-state index is 0.217. The molecule has 0 fully saturated rings. The lowest BCUT2D eigenvalue weighted by molar-refractivity contribution is 0.102. The fourth-order valence-electron chi connectivity index (χ4n) is 2.21. The predicted molar refractivity (Wildman–Crippen MR) is 91.3 cm³/mol. The molecule has 0 saturated heterocycles. The Kier molecular flexibility index (Phi) is 6.00. The van der Waals surface area contributed by atoms with E-state index >= 15 is 0 Å². The summed E-state index contributed by atoms with van der Waals surface area (Å²) >= 11 is 0. The molecule has 0 radical (unpaired) electrons. The van der Waals surface area contributed by atoms with E-state index in [9.17, 15) is 4.79 Å². The van der Waals surface area contributed by atoms with Crippen LogP contribution < -0.4 is 20.1 Å². The summed E-state index contributed by atoms with van der Waals surface area (Å²) < 4.78 is 10.4. The molecule has 0 heterocycles. The van der Waals surface area contributed by atoms with Crippen LogP contribution in [0.4, 0.5) is 5.69 Å². The van der Waals surface area contributed by atoms with Crippen molar-refractivity contribution in [3.63, 3.8) is 0 Å². The van der Waals surface area contributed by atoms with Gasteiger partial charge in [-0.3, -0.25) is 4.79 Å². The van der Waals surface area contributed by atoms with Crippen LogP contribution in [0.2, 0.25) is 0 Å². The lowest BCUT2D eigenvalue weighted by atomic mass is 10.1. The topological polar surface area (TPSA) is 59.6 Å². The van der Waals surface area contributed by atoms with Gasteiger partial charge in [-0.2, -0.15) is 0 Å². The molecule has 0 bridgehead atoms. The highest BCUT2D eigenvalue weighted by Crippen LogP contribution is 2.25. The van der Waals surface area contributed by atoms with Gasteiger partial charge in [0.2, 0.25) is 0 Å². The van der Waals surface area contributed by atoms with Crippen LogP contribution >= 0.6 is 0 Å². The Morgan fingerprint density at radius 1 is 1.09 bits per heavy atom. The number of methoxy groups -OCH3 is 2. The van der Waals surface area contributed by atoms with Crippen molar-refractivity contribution in [2.75, 3.05) is 26.1 Å². The highest BCUT2D eigenvalue weighted by molar-refractivity contribution is 6.06. The average molecular weight is 314 g/mol. The van der Waals surface area contributed by atoms with E-state index in [-0.39, 0.29) is 5.91 Å². The van der Waals surface area contributed by atoms with Gasteiger partial charge < -0.3 is 20.1 Å². The maximum Gasteiger partial charge on any atom is 0.259 e. The van der Waals surface area contributed by atoms with Gasteiger partial charge in [0.05, 0.1) is 19.8 Å². The van der Waals surface area contributed by atoms with Gasteiger partial charge in [-0.25, -0.2) is 0 Å². The summed E-state index contributed by atoms with van der Waals surface area (Å²) in [5.41, 5.74) is 2.33. The van der Waals surface area contributed by atoms with E-state index in [0.29, 0.717) is 17.1 Å². The maximum atomic E-state index is 12.5. The first-order chi connectivity index (χ1) is 11.2. The molecule has 0 saturated carbocycles. The summed E-state index contributed by atoms with van der Waals surface area (Å²) in [7, 11) is 3.10. The van der Waals surface area contributed by atoms with Crippen molar-refractivity contribution < 1.29 is 14.3 Å². The standard InChI is InChI=1S/C18H22N2O3/c1-4-19-12-13-6-5-7-14(10-13)20-18(21)16-9-8-15(22-2)11-17(16)23-3/h5-11,19H,4,12H2,1-3H3,(H,20,21). The van der Waals surface area contributed by atoms with Crippen LogP contribution in [0.15, 0.2) is 42.5 Å². The Hall–Kier alpha value is -2.53. The van der Waals surface area contributed by atoms with E-state index in [0.717, 1.165) is 24.3 Å². The highest BCUT2D eigenvalue weighted by atomic mass is 16.5. The molecule has 0 atom stereocenters. The van der Waals surface area contributed by atoms with Crippen LogP contribution in [0.25, 0.3) is 0 Å². The van der Waals surface area contributed by atoms with Crippen molar-refractivity contribution in [3.8, 4) is 11.5 Å². The van der Waals surface area contributed by atoms with Crippen molar-refractivity contribution in [2.24, 2.45) is 0 Å². The van der Waals surface area contributed by atoms with E-state index in [1.54, 1.807) is 25.3 Å². The third kappa shape index (κ3) is 4.47. The molecule has 2 N–H and O–H groups in total. The number of carbonyl (C=O) groups excluding carboxylic acids is 1. The number of ether oxygens (including phenoxy) is 2. The molecule has 122 valence electrons. The summed E-state index contributed by atoms with van der Waals surface area (Å²) in [6.07, 6.45) is 0. The predicted octanol–water partition coefficient (Wildman–Crippen LogP) is 3.07. The fraction of sp³-hybridized carbons (Fsp3) is 0.278. The number of anilines is 1. The second kappa shape index (κ2) is 8.19. The van der Waals surface area contributed by atoms with Gasteiger partial charge in [0, 0.05) is 18.3 Å². The molecule has 0 spiro atoms. The monoisotopic (exact) mass is 314 g/mol. The normalized spacial score (nSPS) is 10.2. The first-order valence-electron chi connectivity index (χ1n) is 7.51. The number of amides is 1. The zero-order valence-electron chi connectivity index (χ0n) is 13.7. The van der Waals surface area contributed by atoms with Crippen LogP contribution in [0.5, 0.6) is 11.5 Å². The molecule has 0 unspecified atom stereocenters. The second-order valence-electron chi connectivity index (χ2n) is 5.00. The number of carbonyl (C=O) groups is 1. The molecular weight excluding hydrogens is 292 g/mol. The summed E-state index contributed by atoms with van der Waals surface area (Å²) in [6.45, 7) is 3.73. The summed E-state index contributed by atoms with van der Waals surface area (Å²) in [6, 6.07) is 12.9. The van der Waals surface area contributed by atoms with Gasteiger partial charge in [0.1, 0.15) is 11.5 Å². The van der Waals surface area contributed by atoms with Crippen molar-refractivity contribution in [1.29, 1.82) is 0 Å². The molecule has 1 amide bonds.